The number of carboxylic acid groups (broad SMARTS) is 1. The van der Waals surface area contributed by atoms with E-state index in [0.717, 1.165) is 5.56 Å². The minimum Gasteiger partial charge on any atom is -0.478 e. The van der Waals surface area contributed by atoms with E-state index in [2.05, 4.69) is 4.98 Å². The smallest absolute Gasteiger partial charge is 0.338 e. The fourth-order valence-corrected chi connectivity index (χ4v) is 2.29. The number of thioether (sulfide) groups is 1. The first-order valence-corrected chi connectivity index (χ1v) is 6.80. The first-order valence-electron chi connectivity index (χ1n) is 5.58. The van der Waals surface area contributed by atoms with Gasteiger partial charge in [-0.3, -0.25) is 0 Å². The topological polar surface area (TPSA) is 50.2 Å². The van der Waals surface area contributed by atoms with Crippen LogP contribution in [0.15, 0.2) is 35.4 Å². The largest absolute Gasteiger partial charge is 0.478 e. The molecule has 0 amide bonds. The molecule has 2 rings (SSSR count). The zero-order chi connectivity index (χ0) is 14.0. The number of nitrogens with zero attached hydrogens (tertiary/aromatic N) is 1. The number of aryl methyl sites for hydroxylation is 1. The summed E-state index contributed by atoms with van der Waals surface area (Å²) in [7, 11) is 0. The van der Waals surface area contributed by atoms with Gasteiger partial charge in [0.25, 0.3) is 0 Å². The summed E-state index contributed by atoms with van der Waals surface area (Å²) < 4.78 is 13.2. The van der Waals surface area contributed by atoms with Gasteiger partial charge in [-0.1, -0.05) is 0 Å². The third-order valence-electron chi connectivity index (χ3n) is 2.74. The number of rotatable bonds is 3. The molecule has 5 heteroatoms. The predicted octanol–water partition coefficient (Wildman–Crippen LogP) is 3.62. The van der Waals surface area contributed by atoms with Gasteiger partial charge in [0.15, 0.2) is 0 Å². The lowest BCUT2D eigenvalue weighted by molar-refractivity contribution is 0.0692. The summed E-state index contributed by atoms with van der Waals surface area (Å²) in [5.41, 5.74) is 2.12. The lowest BCUT2D eigenvalue weighted by Crippen LogP contribution is -2.01. The molecule has 19 heavy (non-hydrogen) atoms. The first kappa shape index (κ1) is 13.5. The molecule has 0 atom stereocenters. The van der Waals surface area contributed by atoms with Gasteiger partial charge in [0.05, 0.1) is 11.3 Å². The highest BCUT2D eigenvalue weighted by molar-refractivity contribution is 7.98. The van der Waals surface area contributed by atoms with Gasteiger partial charge in [-0.15, -0.1) is 11.8 Å². The second-order valence-corrected chi connectivity index (χ2v) is 4.82. The van der Waals surface area contributed by atoms with Gasteiger partial charge >= 0.3 is 5.97 Å². The van der Waals surface area contributed by atoms with Crippen molar-refractivity contribution in [1.29, 1.82) is 0 Å². The molecule has 0 saturated heterocycles. The van der Waals surface area contributed by atoms with Gasteiger partial charge in [0, 0.05) is 5.56 Å². The van der Waals surface area contributed by atoms with Crippen LogP contribution in [0.4, 0.5) is 4.39 Å². The third kappa shape index (κ3) is 2.76. The maximum Gasteiger partial charge on any atom is 0.338 e. The van der Waals surface area contributed by atoms with E-state index < -0.39 is 5.97 Å². The maximum absolute atomic E-state index is 13.2. The molecule has 1 N–H and O–H groups in total. The predicted molar refractivity (Wildman–Crippen MR) is 73.1 cm³/mol. The minimum absolute atomic E-state index is 0.176. The molecule has 0 saturated carbocycles. The van der Waals surface area contributed by atoms with Crippen molar-refractivity contribution in [1.82, 2.24) is 4.98 Å². The molecule has 0 aliphatic carbocycles. The van der Waals surface area contributed by atoms with Crippen molar-refractivity contribution in [3.8, 4) is 11.3 Å². The van der Waals surface area contributed by atoms with E-state index in [4.69, 9.17) is 5.11 Å². The fraction of sp³-hybridized carbons (Fsp3) is 0.143. The molecule has 0 radical (unpaired) electrons. The van der Waals surface area contributed by atoms with Crippen molar-refractivity contribution in [3.63, 3.8) is 0 Å². The number of aromatic carboxylic acids is 1. The van der Waals surface area contributed by atoms with Crippen LogP contribution in [0.2, 0.25) is 0 Å². The monoisotopic (exact) mass is 277 g/mol. The van der Waals surface area contributed by atoms with Crippen molar-refractivity contribution < 1.29 is 14.3 Å². The number of benzene rings is 1. The summed E-state index contributed by atoms with van der Waals surface area (Å²) in [5, 5.41) is 9.49. The molecule has 1 aromatic carbocycles. The Morgan fingerprint density at radius 3 is 2.63 bits per heavy atom. The molecule has 0 spiro atoms. The standard InChI is InChI=1S/C14H12FNO2S/c1-8-7-9(3-5-11(8)15)12-6-4-10(14(17)18)13(16-12)19-2/h3-7H,1-2H3,(H,17,18). The van der Waals surface area contributed by atoms with Gasteiger partial charge in [-0.2, -0.15) is 0 Å². The van der Waals surface area contributed by atoms with E-state index in [1.54, 1.807) is 31.4 Å². The average Bonchev–Trinajstić information content (AvgIpc) is 2.41. The molecule has 0 aliphatic heterocycles. The number of halogens is 1. The van der Waals surface area contributed by atoms with E-state index >= 15 is 0 Å². The van der Waals surface area contributed by atoms with Crippen molar-refractivity contribution in [2.75, 3.05) is 6.26 Å². The summed E-state index contributed by atoms with van der Waals surface area (Å²) in [6.07, 6.45) is 1.77. The molecule has 0 unspecified atom stereocenters. The number of aromatic nitrogens is 1. The zero-order valence-corrected chi connectivity index (χ0v) is 11.3. The Balaban J connectivity index is 2.51. The molecule has 3 nitrogen and oxygen atoms in total. The van der Waals surface area contributed by atoms with Crippen LogP contribution < -0.4 is 0 Å². The second kappa shape index (κ2) is 5.40. The van der Waals surface area contributed by atoms with E-state index in [0.29, 0.717) is 16.3 Å². The van der Waals surface area contributed by atoms with Crippen LogP contribution in [0.5, 0.6) is 0 Å². The zero-order valence-electron chi connectivity index (χ0n) is 10.5. The summed E-state index contributed by atoms with van der Waals surface area (Å²) in [6.45, 7) is 1.68. The maximum atomic E-state index is 13.2. The Kier molecular flexibility index (Phi) is 3.85. The summed E-state index contributed by atoms with van der Waals surface area (Å²) in [4.78, 5) is 15.3. The van der Waals surface area contributed by atoms with Crippen LogP contribution in [0.1, 0.15) is 15.9 Å². The Morgan fingerprint density at radius 1 is 1.32 bits per heavy atom. The molecule has 0 aliphatic rings. The van der Waals surface area contributed by atoms with Crippen LogP contribution in [-0.2, 0) is 0 Å². The lowest BCUT2D eigenvalue weighted by Gasteiger charge is -2.07. The highest BCUT2D eigenvalue weighted by atomic mass is 32.2. The highest BCUT2D eigenvalue weighted by Gasteiger charge is 2.12. The number of pyridine rings is 1. The first-order chi connectivity index (χ1) is 9.02. The number of carbonyl (C=O) groups is 1. The highest BCUT2D eigenvalue weighted by Crippen LogP contribution is 2.25. The van der Waals surface area contributed by atoms with Gasteiger partial charge < -0.3 is 5.11 Å². The van der Waals surface area contributed by atoms with Gasteiger partial charge in [-0.05, 0) is 49.1 Å². The molecule has 0 fully saturated rings. The number of hydrogen-bond donors (Lipinski definition) is 1. The van der Waals surface area contributed by atoms with Crippen molar-refractivity contribution in [2.24, 2.45) is 0 Å². The normalized spacial score (nSPS) is 10.5. The Hall–Kier alpha value is -1.88. The number of carboxylic acids is 1. The van der Waals surface area contributed by atoms with E-state index in [-0.39, 0.29) is 11.4 Å². The molecule has 1 heterocycles. The summed E-state index contributed by atoms with van der Waals surface area (Å²) in [6, 6.07) is 7.87. The number of hydrogen-bond acceptors (Lipinski definition) is 3. The fourth-order valence-electron chi connectivity index (χ4n) is 1.72. The van der Waals surface area contributed by atoms with Gasteiger partial charge in [0.2, 0.25) is 0 Å². The van der Waals surface area contributed by atoms with Crippen LogP contribution >= 0.6 is 11.8 Å². The van der Waals surface area contributed by atoms with Crippen LogP contribution in [0, 0.1) is 12.7 Å². The molecule has 1 aromatic heterocycles. The van der Waals surface area contributed by atoms with Crippen LogP contribution in [-0.4, -0.2) is 22.3 Å². The molecular formula is C14H12FNO2S. The quantitative estimate of drug-likeness (QED) is 0.871. The van der Waals surface area contributed by atoms with Crippen molar-refractivity contribution >= 4 is 17.7 Å². The van der Waals surface area contributed by atoms with E-state index in [1.165, 1.54) is 23.9 Å². The second-order valence-electron chi connectivity index (χ2n) is 4.02. The van der Waals surface area contributed by atoms with E-state index in [9.17, 15) is 9.18 Å². The summed E-state index contributed by atoms with van der Waals surface area (Å²) in [5.74, 6) is -1.27. The molecular weight excluding hydrogens is 265 g/mol. The van der Waals surface area contributed by atoms with Crippen molar-refractivity contribution in [2.45, 2.75) is 11.9 Å². The molecule has 0 bridgehead atoms. The molecule has 2 aromatic rings. The van der Waals surface area contributed by atoms with Gasteiger partial charge in [-0.25, -0.2) is 14.2 Å². The Labute approximate surface area is 114 Å². The van der Waals surface area contributed by atoms with Gasteiger partial charge in [0.1, 0.15) is 10.8 Å². The van der Waals surface area contributed by atoms with Crippen LogP contribution in [0.25, 0.3) is 11.3 Å². The summed E-state index contributed by atoms with van der Waals surface area (Å²) >= 11 is 1.27. The Morgan fingerprint density at radius 2 is 2.05 bits per heavy atom. The third-order valence-corrected chi connectivity index (χ3v) is 3.44. The minimum atomic E-state index is -1.00. The van der Waals surface area contributed by atoms with E-state index in [1.807, 2.05) is 0 Å². The van der Waals surface area contributed by atoms with Crippen LogP contribution in [0.3, 0.4) is 0 Å². The lowest BCUT2D eigenvalue weighted by atomic mass is 10.1. The molecule has 98 valence electrons. The van der Waals surface area contributed by atoms with Crippen molar-refractivity contribution in [3.05, 3.63) is 47.3 Å². The Bertz CT molecular complexity index is 643. The average molecular weight is 277 g/mol. The SMILES string of the molecule is CSc1nc(-c2ccc(F)c(C)c2)ccc1C(=O)O.